The van der Waals surface area contributed by atoms with Gasteiger partial charge in [-0.25, -0.2) is 9.97 Å². The molecule has 4 rings (SSSR count). The number of esters is 1. The van der Waals surface area contributed by atoms with E-state index in [1.54, 1.807) is 6.20 Å². The van der Waals surface area contributed by atoms with E-state index in [0.717, 1.165) is 36.0 Å². The Morgan fingerprint density at radius 1 is 1.43 bits per heavy atom. The monoisotopic (exact) mass is 399 g/mol. The van der Waals surface area contributed by atoms with Crippen LogP contribution < -0.4 is 5.32 Å². The second-order valence-corrected chi connectivity index (χ2v) is 7.37. The van der Waals surface area contributed by atoms with E-state index in [4.69, 9.17) is 16.3 Å². The van der Waals surface area contributed by atoms with E-state index in [0.29, 0.717) is 16.7 Å². The van der Waals surface area contributed by atoms with Gasteiger partial charge in [-0.05, 0) is 19.4 Å². The van der Waals surface area contributed by atoms with E-state index >= 15 is 0 Å². The molecule has 1 saturated heterocycles. The van der Waals surface area contributed by atoms with Gasteiger partial charge in [-0.1, -0.05) is 29.8 Å². The van der Waals surface area contributed by atoms with Gasteiger partial charge < -0.3 is 15.0 Å². The molecule has 0 radical (unpaired) electrons. The lowest BCUT2D eigenvalue weighted by Gasteiger charge is -2.22. The fourth-order valence-electron chi connectivity index (χ4n) is 3.65. The molecule has 3 aromatic rings. The fraction of sp³-hybridized carbons (Fsp3) is 0.350. The molecule has 2 atom stereocenters. The number of hydrogen-bond donors (Lipinski definition) is 2. The number of aromatic nitrogens is 3. The van der Waals surface area contributed by atoms with Crippen LogP contribution in [0.4, 0.5) is 5.95 Å². The number of halogens is 1. The second-order valence-electron chi connectivity index (χ2n) is 6.96. The first kappa shape index (κ1) is 18.7. The van der Waals surface area contributed by atoms with Crippen LogP contribution in [-0.2, 0) is 9.53 Å². The Bertz CT molecular complexity index is 1010. The number of para-hydroxylation sites is 1. The predicted octanol–water partition coefficient (Wildman–Crippen LogP) is 3.33. The van der Waals surface area contributed by atoms with Crippen LogP contribution in [0.3, 0.4) is 0 Å². The molecule has 8 heteroatoms. The molecule has 2 N–H and O–H groups in total. The lowest BCUT2D eigenvalue weighted by Crippen LogP contribution is -2.39. The summed E-state index contributed by atoms with van der Waals surface area (Å²) in [4.78, 5) is 26.1. The highest BCUT2D eigenvalue weighted by Crippen LogP contribution is 2.32. The van der Waals surface area contributed by atoms with Crippen molar-refractivity contribution in [2.45, 2.75) is 25.4 Å². The zero-order valence-corrected chi connectivity index (χ0v) is 16.5. The third kappa shape index (κ3) is 3.55. The van der Waals surface area contributed by atoms with Crippen LogP contribution in [0, 0.1) is 0 Å². The van der Waals surface area contributed by atoms with Crippen LogP contribution in [0.2, 0.25) is 5.02 Å². The Hall–Kier alpha value is -2.64. The third-order valence-corrected chi connectivity index (χ3v) is 5.51. The molecular formula is C20H22ClN5O2. The molecule has 28 heavy (non-hydrogen) atoms. The largest absolute Gasteiger partial charge is 0.468 e. The Kier molecular flexibility index (Phi) is 5.19. The summed E-state index contributed by atoms with van der Waals surface area (Å²) in [6.07, 6.45) is 4.44. The SMILES string of the molecule is COC(=O)[C@@H](C)N1CCC(Nc2ncc(Cl)c(-c3c[nH]c4ccccc34)n2)C1. The van der Waals surface area contributed by atoms with Crippen molar-refractivity contribution < 1.29 is 9.53 Å². The van der Waals surface area contributed by atoms with Gasteiger partial charge in [-0.15, -0.1) is 0 Å². The van der Waals surface area contributed by atoms with Crippen LogP contribution in [-0.4, -0.2) is 58.1 Å². The zero-order valence-electron chi connectivity index (χ0n) is 15.8. The van der Waals surface area contributed by atoms with Gasteiger partial charge in [-0.2, -0.15) is 0 Å². The lowest BCUT2D eigenvalue weighted by molar-refractivity contribution is -0.145. The maximum atomic E-state index is 11.8. The zero-order chi connectivity index (χ0) is 19.7. The minimum atomic E-state index is -0.260. The van der Waals surface area contributed by atoms with Crippen LogP contribution >= 0.6 is 11.6 Å². The molecule has 1 unspecified atom stereocenters. The number of hydrogen-bond acceptors (Lipinski definition) is 6. The Morgan fingerprint density at radius 3 is 3.07 bits per heavy atom. The average molecular weight is 400 g/mol. The number of rotatable bonds is 5. The quantitative estimate of drug-likeness (QED) is 0.640. The van der Waals surface area contributed by atoms with E-state index in [9.17, 15) is 4.79 Å². The summed E-state index contributed by atoms with van der Waals surface area (Å²) in [5, 5.41) is 4.94. The number of aromatic amines is 1. The molecule has 1 aliphatic rings. The molecular weight excluding hydrogens is 378 g/mol. The van der Waals surface area contributed by atoms with Crippen LogP contribution in [0.25, 0.3) is 22.2 Å². The first-order chi connectivity index (χ1) is 13.6. The van der Waals surface area contributed by atoms with Crippen LogP contribution in [0.1, 0.15) is 13.3 Å². The van der Waals surface area contributed by atoms with Crippen molar-refractivity contribution in [1.29, 1.82) is 0 Å². The normalized spacial score (nSPS) is 18.3. The summed E-state index contributed by atoms with van der Waals surface area (Å²) in [7, 11) is 1.42. The minimum Gasteiger partial charge on any atom is -0.468 e. The number of likely N-dealkylation sites (tertiary alicyclic amines) is 1. The average Bonchev–Trinajstić information content (AvgIpc) is 3.35. The van der Waals surface area contributed by atoms with Gasteiger partial charge in [0.15, 0.2) is 0 Å². The topological polar surface area (TPSA) is 83.1 Å². The number of carbonyl (C=O) groups is 1. The number of anilines is 1. The molecule has 0 aliphatic carbocycles. The van der Waals surface area contributed by atoms with Crippen molar-refractivity contribution in [2.75, 3.05) is 25.5 Å². The number of fused-ring (bicyclic) bond motifs is 1. The van der Waals surface area contributed by atoms with Gasteiger partial charge in [-0.3, -0.25) is 9.69 Å². The molecule has 0 bridgehead atoms. The van der Waals surface area contributed by atoms with Gasteiger partial charge in [0.2, 0.25) is 5.95 Å². The Balaban J connectivity index is 1.53. The molecule has 1 aliphatic heterocycles. The smallest absolute Gasteiger partial charge is 0.322 e. The van der Waals surface area contributed by atoms with Crippen LogP contribution in [0.15, 0.2) is 36.7 Å². The van der Waals surface area contributed by atoms with Crippen molar-refractivity contribution in [3.63, 3.8) is 0 Å². The second kappa shape index (κ2) is 7.77. The van der Waals surface area contributed by atoms with Crippen molar-refractivity contribution in [3.8, 4) is 11.3 Å². The molecule has 1 aromatic carbocycles. The molecule has 0 saturated carbocycles. The van der Waals surface area contributed by atoms with E-state index in [-0.39, 0.29) is 18.1 Å². The standard InChI is InChI=1S/C20H22ClN5O2/c1-12(19(27)28-2)26-8-7-13(11-26)24-20-23-10-16(21)18(25-20)15-9-22-17-6-4-3-5-14(15)17/h3-6,9-10,12-13,22H,7-8,11H2,1-2H3,(H,23,24,25)/t12-,13?/m1/s1. The van der Waals surface area contributed by atoms with Crippen molar-refractivity contribution >= 4 is 34.4 Å². The summed E-state index contributed by atoms with van der Waals surface area (Å²) in [5.41, 5.74) is 2.66. The Labute approximate surface area is 168 Å². The summed E-state index contributed by atoms with van der Waals surface area (Å²) in [5.74, 6) is 0.312. The number of ether oxygens (including phenoxy) is 1. The predicted molar refractivity (Wildman–Crippen MR) is 109 cm³/mol. The van der Waals surface area contributed by atoms with Crippen molar-refractivity contribution in [3.05, 3.63) is 41.7 Å². The summed E-state index contributed by atoms with van der Waals surface area (Å²) >= 11 is 6.39. The molecule has 7 nitrogen and oxygen atoms in total. The number of nitrogens with zero attached hydrogens (tertiary/aromatic N) is 3. The van der Waals surface area contributed by atoms with E-state index in [2.05, 4.69) is 25.2 Å². The van der Waals surface area contributed by atoms with Gasteiger partial charge in [0, 0.05) is 41.8 Å². The molecule has 146 valence electrons. The number of benzene rings is 1. The number of carbonyl (C=O) groups excluding carboxylic acids is 1. The lowest BCUT2D eigenvalue weighted by atomic mass is 10.1. The minimum absolute atomic E-state index is 0.157. The van der Waals surface area contributed by atoms with E-state index < -0.39 is 0 Å². The third-order valence-electron chi connectivity index (χ3n) is 5.23. The molecule has 2 aromatic heterocycles. The molecule has 0 spiro atoms. The van der Waals surface area contributed by atoms with Crippen molar-refractivity contribution in [2.24, 2.45) is 0 Å². The molecule has 0 amide bonds. The van der Waals surface area contributed by atoms with Gasteiger partial charge in [0.25, 0.3) is 0 Å². The molecule has 1 fully saturated rings. The fourth-order valence-corrected chi connectivity index (χ4v) is 3.84. The maximum absolute atomic E-state index is 11.8. The summed E-state index contributed by atoms with van der Waals surface area (Å²) < 4.78 is 4.84. The van der Waals surface area contributed by atoms with Gasteiger partial charge in [0.1, 0.15) is 6.04 Å². The highest BCUT2D eigenvalue weighted by molar-refractivity contribution is 6.33. The highest BCUT2D eigenvalue weighted by atomic mass is 35.5. The number of H-pyrrole nitrogens is 1. The molecule has 3 heterocycles. The number of methoxy groups -OCH3 is 1. The number of nitrogens with one attached hydrogen (secondary N) is 2. The van der Waals surface area contributed by atoms with E-state index in [1.807, 2.05) is 37.4 Å². The van der Waals surface area contributed by atoms with Gasteiger partial charge >= 0.3 is 5.97 Å². The highest BCUT2D eigenvalue weighted by Gasteiger charge is 2.30. The first-order valence-corrected chi connectivity index (χ1v) is 9.62. The van der Waals surface area contributed by atoms with E-state index in [1.165, 1.54) is 7.11 Å². The Morgan fingerprint density at radius 2 is 2.25 bits per heavy atom. The van der Waals surface area contributed by atoms with Crippen molar-refractivity contribution in [1.82, 2.24) is 19.9 Å². The first-order valence-electron chi connectivity index (χ1n) is 9.24. The summed E-state index contributed by atoms with van der Waals surface area (Å²) in [6.45, 7) is 3.41. The van der Waals surface area contributed by atoms with Crippen LogP contribution in [0.5, 0.6) is 0 Å². The maximum Gasteiger partial charge on any atom is 0.322 e. The summed E-state index contributed by atoms with van der Waals surface area (Å²) in [6, 6.07) is 7.93. The van der Waals surface area contributed by atoms with Gasteiger partial charge in [0.05, 0.1) is 24.0 Å².